The van der Waals surface area contributed by atoms with Gasteiger partial charge in [-0.2, -0.15) is 0 Å². The van der Waals surface area contributed by atoms with Crippen molar-refractivity contribution in [1.29, 1.82) is 0 Å². The molecule has 0 unspecified atom stereocenters. The second-order valence-electron chi connectivity index (χ2n) is 5.68. The lowest BCUT2D eigenvalue weighted by molar-refractivity contribution is -0.0594. The summed E-state index contributed by atoms with van der Waals surface area (Å²) in [6.07, 6.45) is 1.40. The summed E-state index contributed by atoms with van der Waals surface area (Å²) in [7, 11) is 0. The molecule has 0 spiro atoms. The Balaban J connectivity index is 1.76. The van der Waals surface area contributed by atoms with Crippen molar-refractivity contribution in [2.75, 3.05) is 13.2 Å². The van der Waals surface area contributed by atoms with E-state index in [-0.39, 0.29) is 5.69 Å². The van der Waals surface area contributed by atoms with Gasteiger partial charge in [-0.05, 0) is 25.1 Å². The molecule has 1 N–H and O–H groups in total. The first-order valence-electron chi connectivity index (χ1n) is 7.19. The third kappa shape index (κ3) is 3.55. The number of amides is 1. The smallest absolute Gasteiger partial charge is 0.273 e. The van der Waals surface area contributed by atoms with E-state index in [1.807, 2.05) is 37.3 Å². The highest BCUT2D eigenvalue weighted by atomic mass is 19.1. The van der Waals surface area contributed by atoms with Crippen LogP contribution in [-0.2, 0) is 4.74 Å². The van der Waals surface area contributed by atoms with E-state index >= 15 is 0 Å². The number of rotatable bonds is 2. The molecule has 2 heterocycles. The van der Waals surface area contributed by atoms with E-state index < -0.39 is 17.3 Å². The van der Waals surface area contributed by atoms with Crippen LogP contribution in [0.25, 0.3) is 0 Å². The third-order valence-electron chi connectivity index (χ3n) is 3.44. The average Bonchev–Trinajstić information content (AvgIpc) is 2.52. The lowest BCUT2D eigenvalue weighted by atomic mass is 10.0. The molecule has 1 aromatic carbocycles. The fraction of sp³-hybridized carbons (Fsp3) is 0.222. The van der Waals surface area contributed by atoms with Crippen molar-refractivity contribution in [3.63, 3.8) is 0 Å². The van der Waals surface area contributed by atoms with Gasteiger partial charge in [0.2, 0.25) is 0 Å². The molecule has 0 aliphatic carbocycles. The van der Waals surface area contributed by atoms with Crippen LogP contribution in [0, 0.1) is 17.7 Å². The first-order chi connectivity index (χ1) is 11.1. The van der Waals surface area contributed by atoms with Crippen LogP contribution in [-0.4, -0.2) is 29.6 Å². The number of benzene rings is 1. The van der Waals surface area contributed by atoms with Gasteiger partial charge in [-0.1, -0.05) is 30.0 Å². The molecule has 0 atom stereocenters. The Morgan fingerprint density at radius 1 is 1.26 bits per heavy atom. The topological polar surface area (TPSA) is 51.2 Å². The number of halogens is 1. The standard InChI is InChI=1S/C18H15FN2O2/c1-18(11-23-12-18)21-17(22)16-15(19)9-14(10-20-16)8-7-13-5-3-2-4-6-13/h2-6,9-10H,11-12H2,1H3,(H,21,22). The van der Waals surface area contributed by atoms with Crippen LogP contribution in [0.4, 0.5) is 4.39 Å². The van der Waals surface area contributed by atoms with Crippen molar-refractivity contribution < 1.29 is 13.9 Å². The number of aromatic nitrogens is 1. The molecular formula is C18H15FN2O2. The predicted molar refractivity (Wildman–Crippen MR) is 83.3 cm³/mol. The molecule has 116 valence electrons. The van der Waals surface area contributed by atoms with Crippen LogP contribution in [0.1, 0.15) is 28.5 Å². The highest BCUT2D eigenvalue weighted by Crippen LogP contribution is 2.17. The Kier molecular flexibility index (Phi) is 4.09. The number of nitrogens with zero attached hydrogens (tertiary/aromatic N) is 1. The number of nitrogens with one attached hydrogen (secondary N) is 1. The molecule has 1 aliphatic rings. The Bertz CT molecular complexity index is 790. The number of hydrogen-bond donors (Lipinski definition) is 1. The van der Waals surface area contributed by atoms with E-state index in [9.17, 15) is 9.18 Å². The summed E-state index contributed by atoms with van der Waals surface area (Å²) in [6.45, 7) is 2.67. The minimum absolute atomic E-state index is 0.233. The SMILES string of the molecule is CC1(NC(=O)c2ncc(C#Cc3ccccc3)cc2F)COC1. The molecule has 4 nitrogen and oxygen atoms in total. The minimum atomic E-state index is -0.689. The number of ether oxygens (including phenoxy) is 1. The maximum atomic E-state index is 14.1. The molecule has 1 saturated heterocycles. The third-order valence-corrected chi connectivity index (χ3v) is 3.44. The predicted octanol–water partition coefficient (Wildman–Crippen LogP) is 2.14. The quantitative estimate of drug-likeness (QED) is 0.865. The van der Waals surface area contributed by atoms with Gasteiger partial charge in [0, 0.05) is 17.3 Å². The van der Waals surface area contributed by atoms with Crippen LogP contribution in [0.2, 0.25) is 0 Å². The van der Waals surface area contributed by atoms with Crippen molar-refractivity contribution in [2.45, 2.75) is 12.5 Å². The molecule has 3 rings (SSSR count). The molecule has 1 aromatic heterocycles. The molecule has 1 aliphatic heterocycles. The fourth-order valence-corrected chi connectivity index (χ4v) is 2.15. The second kappa shape index (κ2) is 6.19. The Hall–Kier alpha value is -2.71. The van der Waals surface area contributed by atoms with E-state index in [2.05, 4.69) is 22.1 Å². The van der Waals surface area contributed by atoms with Gasteiger partial charge in [0.1, 0.15) is 0 Å². The molecule has 0 bridgehead atoms. The average molecular weight is 310 g/mol. The van der Waals surface area contributed by atoms with Crippen LogP contribution >= 0.6 is 0 Å². The van der Waals surface area contributed by atoms with Crippen LogP contribution in [0.3, 0.4) is 0 Å². The highest BCUT2D eigenvalue weighted by molar-refractivity contribution is 5.93. The van der Waals surface area contributed by atoms with Gasteiger partial charge in [0.15, 0.2) is 11.5 Å². The molecule has 23 heavy (non-hydrogen) atoms. The zero-order valence-electron chi connectivity index (χ0n) is 12.6. The van der Waals surface area contributed by atoms with Crippen LogP contribution < -0.4 is 5.32 Å². The summed E-state index contributed by atoms with van der Waals surface area (Å²) in [5.41, 5.74) is 0.564. The minimum Gasteiger partial charge on any atom is -0.376 e. The number of carbonyl (C=O) groups is 1. The first kappa shape index (κ1) is 15.2. The molecule has 1 fully saturated rings. The Morgan fingerprint density at radius 2 is 1.96 bits per heavy atom. The second-order valence-corrected chi connectivity index (χ2v) is 5.68. The zero-order chi connectivity index (χ0) is 16.3. The van der Waals surface area contributed by atoms with Crippen molar-refractivity contribution in [3.05, 3.63) is 65.2 Å². The van der Waals surface area contributed by atoms with Gasteiger partial charge in [0.05, 0.1) is 18.8 Å². The maximum absolute atomic E-state index is 14.1. The number of pyridine rings is 1. The summed E-state index contributed by atoms with van der Waals surface area (Å²) in [5.74, 6) is 4.52. The van der Waals surface area contributed by atoms with Crippen molar-refractivity contribution in [1.82, 2.24) is 10.3 Å². The van der Waals surface area contributed by atoms with Gasteiger partial charge >= 0.3 is 0 Å². The zero-order valence-corrected chi connectivity index (χ0v) is 12.6. The summed E-state index contributed by atoms with van der Waals surface area (Å²) < 4.78 is 19.2. The van der Waals surface area contributed by atoms with Gasteiger partial charge in [-0.25, -0.2) is 9.37 Å². The highest BCUT2D eigenvalue weighted by Gasteiger charge is 2.35. The maximum Gasteiger partial charge on any atom is 0.273 e. The van der Waals surface area contributed by atoms with Crippen LogP contribution in [0.15, 0.2) is 42.6 Å². The van der Waals surface area contributed by atoms with E-state index in [0.717, 1.165) is 5.56 Å². The van der Waals surface area contributed by atoms with E-state index in [1.165, 1.54) is 12.3 Å². The first-order valence-corrected chi connectivity index (χ1v) is 7.19. The summed E-state index contributed by atoms with van der Waals surface area (Å²) in [6, 6.07) is 10.6. The number of hydrogen-bond acceptors (Lipinski definition) is 3. The van der Waals surface area contributed by atoms with Crippen molar-refractivity contribution in [2.24, 2.45) is 0 Å². The molecule has 5 heteroatoms. The van der Waals surface area contributed by atoms with Gasteiger partial charge in [-0.3, -0.25) is 4.79 Å². The molecular weight excluding hydrogens is 295 g/mol. The largest absolute Gasteiger partial charge is 0.376 e. The van der Waals surface area contributed by atoms with E-state index in [0.29, 0.717) is 18.8 Å². The monoisotopic (exact) mass is 310 g/mol. The van der Waals surface area contributed by atoms with Crippen LogP contribution in [0.5, 0.6) is 0 Å². The summed E-state index contributed by atoms with van der Waals surface area (Å²) in [4.78, 5) is 16.0. The van der Waals surface area contributed by atoms with E-state index in [4.69, 9.17) is 4.74 Å². The lowest BCUT2D eigenvalue weighted by Gasteiger charge is -2.38. The fourth-order valence-electron chi connectivity index (χ4n) is 2.15. The van der Waals surface area contributed by atoms with Crippen molar-refractivity contribution in [3.8, 4) is 11.8 Å². The lowest BCUT2D eigenvalue weighted by Crippen LogP contribution is -2.60. The molecule has 2 aromatic rings. The summed E-state index contributed by atoms with van der Waals surface area (Å²) >= 11 is 0. The normalized spacial score (nSPS) is 15.0. The Labute approximate surface area is 133 Å². The number of carbonyl (C=O) groups excluding carboxylic acids is 1. The van der Waals surface area contributed by atoms with Gasteiger partial charge in [0.25, 0.3) is 5.91 Å². The molecule has 0 saturated carbocycles. The Morgan fingerprint density at radius 3 is 2.57 bits per heavy atom. The van der Waals surface area contributed by atoms with Crippen molar-refractivity contribution >= 4 is 5.91 Å². The molecule has 0 radical (unpaired) electrons. The molecule has 1 amide bonds. The summed E-state index contributed by atoms with van der Waals surface area (Å²) in [5, 5.41) is 2.72. The van der Waals surface area contributed by atoms with Gasteiger partial charge < -0.3 is 10.1 Å². The van der Waals surface area contributed by atoms with E-state index in [1.54, 1.807) is 0 Å². The van der Waals surface area contributed by atoms with Gasteiger partial charge in [-0.15, -0.1) is 0 Å².